The first-order valence-corrected chi connectivity index (χ1v) is 4.96. The van der Waals surface area contributed by atoms with E-state index in [1.165, 1.54) is 11.3 Å². The van der Waals surface area contributed by atoms with E-state index in [4.69, 9.17) is 5.73 Å². The second-order valence-corrected chi connectivity index (χ2v) is 3.88. The van der Waals surface area contributed by atoms with E-state index >= 15 is 0 Å². The molecule has 0 saturated heterocycles. The summed E-state index contributed by atoms with van der Waals surface area (Å²) in [7, 11) is 0. The molecule has 0 amide bonds. The van der Waals surface area contributed by atoms with Crippen LogP contribution in [0.5, 0.6) is 0 Å². The maximum absolute atomic E-state index is 13.3. The molecule has 78 valence electrons. The number of rotatable bonds is 1. The van der Waals surface area contributed by atoms with Crippen LogP contribution in [-0.4, -0.2) is 0 Å². The van der Waals surface area contributed by atoms with E-state index in [0.717, 1.165) is 6.07 Å². The van der Waals surface area contributed by atoms with Crippen LogP contribution in [0.25, 0.3) is 10.4 Å². The van der Waals surface area contributed by atoms with Gasteiger partial charge in [-0.25, -0.2) is 13.2 Å². The van der Waals surface area contributed by atoms with E-state index in [9.17, 15) is 13.2 Å². The van der Waals surface area contributed by atoms with Crippen molar-refractivity contribution in [3.8, 4) is 10.4 Å². The molecule has 1 aromatic carbocycles. The van der Waals surface area contributed by atoms with Gasteiger partial charge in [-0.15, -0.1) is 11.3 Å². The van der Waals surface area contributed by atoms with Gasteiger partial charge in [0.05, 0.1) is 5.69 Å². The summed E-state index contributed by atoms with van der Waals surface area (Å²) in [6, 6.07) is 4.40. The SMILES string of the molecule is Nc1cc(-c2cccs2)c(F)c(F)c1F. The summed E-state index contributed by atoms with van der Waals surface area (Å²) in [4.78, 5) is 0.512. The van der Waals surface area contributed by atoms with Crippen molar-refractivity contribution in [2.75, 3.05) is 5.73 Å². The van der Waals surface area contributed by atoms with Crippen molar-refractivity contribution in [3.63, 3.8) is 0 Å². The van der Waals surface area contributed by atoms with Crippen molar-refractivity contribution in [1.82, 2.24) is 0 Å². The molecule has 5 heteroatoms. The molecule has 2 aromatic rings. The summed E-state index contributed by atoms with van der Waals surface area (Å²) in [5.41, 5.74) is 4.82. The van der Waals surface area contributed by atoms with Crippen molar-refractivity contribution < 1.29 is 13.2 Å². The van der Waals surface area contributed by atoms with E-state index < -0.39 is 23.1 Å². The van der Waals surface area contributed by atoms with Gasteiger partial charge in [-0.05, 0) is 17.5 Å². The zero-order chi connectivity index (χ0) is 11.0. The molecule has 0 aliphatic carbocycles. The van der Waals surface area contributed by atoms with Crippen molar-refractivity contribution >= 4 is 17.0 Å². The van der Waals surface area contributed by atoms with Crippen molar-refractivity contribution in [1.29, 1.82) is 0 Å². The largest absolute Gasteiger partial charge is 0.396 e. The Labute approximate surface area is 88.0 Å². The highest BCUT2D eigenvalue weighted by Crippen LogP contribution is 2.32. The predicted molar refractivity (Wildman–Crippen MR) is 54.0 cm³/mol. The Morgan fingerprint density at radius 1 is 1.07 bits per heavy atom. The number of hydrogen-bond donors (Lipinski definition) is 1. The molecule has 0 unspecified atom stereocenters. The van der Waals surface area contributed by atoms with E-state index in [2.05, 4.69) is 0 Å². The molecule has 0 bridgehead atoms. The molecule has 1 nitrogen and oxygen atoms in total. The Balaban J connectivity index is 2.69. The average Bonchev–Trinajstić information content (AvgIpc) is 2.73. The van der Waals surface area contributed by atoms with Gasteiger partial charge in [0.2, 0.25) is 0 Å². The lowest BCUT2D eigenvalue weighted by atomic mass is 10.1. The normalized spacial score (nSPS) is 10.6. The number of hydrogen-bond acceptors (Lipinski definition) is 2. The summed E-state index contributed by atoms with van der Waals surface area (Å²) in [5, 5.41) is 1.71. The second-order valence-electron chi connectivity index (χ2n) is 2.93. The first kappa shape index (κ1) is 10.0. The van der Waals surface area contributed by atoms with Crippen LogP contribution in [0.4, 0.5) is 18.9 Å². The highest BCUT2D eigenvalue weighted by Gasteiger charge is 2.18. The Kier molecular flexibility index (Phi) is 2.40. The van der Waals surface area contributed by atoms with Crippen LogP contribution in [0.2, 0.25) is 0 Å². The molecule has 1 aromatic heterocycles. The van der Waals surface area contributed by atoms with Crippen LogP contribution >= 0.6 is 11.3 Å². The van der Waals surface area contributed by atoms with Gasteiger partial charge < -0.3 is 5.73 Å². The minimum Gasteiger partial charge on any atom is -0.396 e. The third kappa shape index (κ3) is 1.59. The highest BCUT2D eigenvalue weighted by atomic mass is 32.1. The lowest BCUT2D eigenvalue weighted by Gasteiger charge is -2.04. The van der Waals surface area contributed by atoms with Crippen LogP contribution in [0.15, 0.2) is 23.6 Å². The third-order valence-corrected chi connectivity index (χ3v) is 2.86. The zero-order valence-corrected chi connectivity index (χ0v) is 8.25. The molecule has 0 aliphatic heterocycles. The summed E-state index contributed by atoms with van der Waals surface area (Å²) in [6.07, 6.45) is 0. The summed E-state index contributed by atoms with van der Waals surface area (Å²) in [6.45, 7) is 0. The van der Waals surface area contributed by atoms with Gasteiger partial charge in [-0.3, -0.25) is 0 Å². The molecule has 2 N–H and O–H groups in total. The van der Waals surface area contributed by atoms with E-state index in [1.54, 1.807) is 17.5 Å². The maximum Gasteiger partial charge on any atom is 0.197 e. The fraction of sp³-hybridized carbons (Fsp3) is 0. The van der Waals surface area contributed by atoms with E-state index in [-0.39, 0.29) is 5.56 Å². The molecule has 0 radical (unpaired) electrons. The van der Waals surface area contributed by atoms with Gasteiger partial charge in [-0.1, -0.05) is 6.07 Å². The molecular formula is C10H6F3NS. The van der Waals surface area contributed by atoms with Gasteiger partial charge in [0.1, 0.15) is 0 Å². The maximum atomic E-state index is 13.3. The minimum absolute atomic E-state index is 0.0126. The van der Waals surface area contributed by atoms with Crippen molar-refractivity contribution in [3.05, 3.63) is 41.0 Å². The van der Waals surface area contributed by atoms with Gasteiger partial charge >= 0.3 is 0 Å². The standard InChI is InChI=1S/C10H6F3NS/c11-8-5(7-2-1-3-15-7)4-6(14)9(12)10(8)13/h1-4H,14H2. The lowest BCUT2D eigenvalue weighted by molar-refractivity contribution is 0.451. The summed E-state index contributed by atoms with van der Waals surface area (Å²) >= 11 is 1.23. The second kappa shape index (κ2) is 3.58. The highest BCUT2D eigenvalue weighted by molar-refractivity contribution is 7.13. The summed E-state index contributed by atoms with van der Waals surface area (Å²) < 4.78 is 39.2. The molecule has 1 heterocycles. The number of thiophene rings is 1. The third-order valence-electron chi connectivity index (χ3n) is 1.96. The predicted octanol–water partition coefficient (Wildman–Crippen LogP) is 3.41. The first-order valence-electron chi connectivity index (χ1n) is 4.08. The number of nitrogen functional groups attached to an aromatic ring is 1. The monoisotopic (exact) mass is 229 g/mol. The zero-order valence-electron chi connectivity index (χ0n) is 7.43. The summed E-state index contributed by atoms with van der Waals surface area (Å²) in [5.74, 6) is -4.07. The average molecular weight is 229 g/mol. The Morgan fingerprint density at radius 2 is 1.80 bits per heavy atom. The molecule has 0 aliphatic rings. The van der Waals surface area contributed by atoms with Crippen LogP contribution in [0.1, 0.15) is 0 Å². The smallest absolute Gasteiger partial charge is 0.197 e. The fourth-order valence-corrected chi connectivity index (χ4v) is 1.97. The number of benzene rings is 1. The topological polar surface area (TPSA) is 26.0 Å². The lowest BCUT2D eigenvalue weighted by Crippen LogP contribution is -1.99. The Morgan fingerprint density at radius 3 is 2.40 bits per heavy atom. The fourth-order valence-electron chi connectivity index (χ4n) is 1.23. The molecule has 0 spiro atoms. The van der Waals surface area contributed by atoms with Crippen LogP contribution in [0, 0.1) is 17.5 Å². The van der Waals surface area contributed by atoms with E-state index in [1.807, 2.05) is 0 Å². The van der Waals surface area contributed by atoms with E-state index in [0.29, 0.717) is 4.88 Å². The molecule has 0 saturated carbocycles. The van der Waals surface area contributed by atoms with Gasteiger partial charge in [-0.2, -0.15) is 0 Å². The van der Waals surface area contributed by atoms with Crippen molar-refractivity contribution in [2.45, 2.75) is 0 Å². The minimum atomic E-state index is -1.53. The first-order chi connectivity index (χ1) is 7.11. The quantitative estimate of drug-likeness (QED) is 0.588. The Hall–Kier alpha value is -1.49. The molecule has 0 atom stereocenters. The molecule has 0 fully saturated rings. The van der Waals surface area contributed by atoms with Gasteiger partial charge in [0.25, 0.3) is 0 Å². The molecule has 15 heavy (non-hydrogen) atoms. The number of nitrogens with two attached hydrogens (primary N) is 1. The molecular weight excluding hydrogens is 223 g/mol. The van der Waals surface area contributed by atoms with Crippen LogP contribution in [-0.2, 0) is 0 Å². The van der Waals surface area contributed by atoms with Gasteiger partial charge in [0.15, 0.2) is 17.5 Å². The van der Waals surface area contributed by atoms with Crippen LogP contribution in [0.3, 0.4) is 0 Å². The Bertz CT molecular complexity index is 494. The number of halogens is 3. The van der Waals surface area contributed by atoms with Crippen molar-refractivity contribution in [2.24, 2.45) is 0 Å². The molecule has 2 rings (SSSR count). The van der Waals surface area contributed by atoms with Crippen LogP contribution < -0.4 is 5.73 Å². The number of anilines is 1. The van der Waals surface area contributed by atoms with Gasteiger partial charge in [0, 0.05) is 10.4 Å².